The summed E-state index contributed by atoms with van der Waals surface area (Å²) in [5, 5.41) is 12.0. The molecule has 0 bridgehead atoms. The van der Waals surface area contributed by atoms with E-state index in [9.17, 15) is 4.79 Å². The Morgan fingerprint density at radius 1 is 1.32 bits per heavy atom. The van der Waals surface area contributed by atoms with Gasteiger partial charge in [-0.25, -0.2) is 0 Å². The highest BCUT2D eigenvalue weighted by Crippen LogP contribution is 2.37. The standard InChI is InChI=1S/C17H24N6O2/c1-4-5-7-17(20-21-17)8-6-15(24)23-11-9-22(10-12-23)13(2)16-18-14(3)19-25-16/h1,13H,5-12H2,2-3H3. The second kappa shape index (κ2) is 7.31. The van der Waals surface area contributed by atoms with Crippen molar-refractivity contribution in [1.29, 1.82) is 0 Å². The normalized spacial score (nSPS) is 20.3. The number of amides is 1. The van der Waals surface area contributed by atoms with Gasteiger partial charge < -0.3 is 9.42 Å². The number of hydrogen-bond donors (Lipinski definition) is 0. The average Bonchev–Trinajstić information content (AvgIpc) is 3.28. The second-order valence-electron chi connectivity index (χ2n) is 6.66. The summed E-state index contributed by atoms with van der Waals surface area (Å²) >= 11 is 0. The van der Waals surface area contributed by atoms with Crippen LogP contribution in [-0.2, 0) is 4.79 Å². The highest BCUT2D eigenvalue weighted by atomic mass is 16.5. The molecule has 1 aromatic rings. The number of aromatic nitrogens is 2. The molecule has 0 aliphatic carbocycles. The molecule has 2 aliphatic rings. The Labute approximate surface area is 147 Å². The molecule has 1 saturated heterocycles. The fourth-order valence-electron chi connectivity index (χ4n) is 3.13. The van der Waals surface area contributed by atoms with Crippen molar-refractivity contribution in [1.82, 2.24) is 19.9 Å². The minimum absolute atomic E-state index is 0.0644. The van der Waals surface area contributed by atoms with Crippen LogP contribution in [0.25, 0.3) is 0 Å². The summed E-state index contributed by atoms with van der Waals surface area (Å²) in [6, 6.07) is 0.0644. The molecule has 8 heteroatoms. The third kappa shape index (κ3) is 4.23. The van der Waals surface area contributed by atoms with Gasteiger partial charge in [0.2, 0.25) is 11.8 Å². The van der Waals surface area contributed by atoms with Gasteiger partial charge in [-0.15, -0.1) is 12.3 Å². The van der Waals surface area contributed by atoms with E-state index in [0.717, 1.165) is 19.5 Å². The van der Waals surface area contributed by atoms with Gasteiger partial charge in [-0.1, -0.05) is 5.16 Å². The largest absolute Gasteiger partial charge is 0.340 e. The van der Waals surface area contributed by atoms with Crippen LogP contribution in [0.3, 0.4) is 0 Å². The van der Waals surface area contributed by atoms with E-state index < -0.39 is 0 Å². The van der Waals surface area contributed by atoms with Crippen LogP contribution in [-0.4, -0.2) is 57.7 Å². The summed E-state index contributed by atoms with van der Waals surface area (Å²) in [7, 11) is 0. The van der Waals surface area contributed by atoms with Crippen molar-refractivity contribution in [2.24, 2.45) is 10.2 Å². The van der Waals surface area contributed by atoms with Crippen molar-refractivity contribution in [3.8, 4) is 12.3 Å². The topological polar surface area (TPSA) is 87.2 Å². The number of hydrogen-bond acceptors (Lipinski definition) is 7. The third-order valence-electron chi connectivity index (χ3n) is 4.91. The molecular weight excluding hydrogens is 320 g/mol. The summed E-state index contributed by atoms with van der Waals surface area (Å²) < 4.78 is 5.25. The van der Waals surface area contributed by atoms with Crippen molar-refractivity contribution < 1.29 is 9.32 Å². The number of aryl methyl sites for hydroxylation is 1. The van der Waals surface area contributed by atoms with Gasteiger partial charge in [-0.3, -0.25) is 9.69 Å². The smallest absolute Gasteiger partial charge is 0.243 e. The van der Waals surface area contributed by atoms with E-state index in [4.69, 9.17) is 10.9 Å². The van der Waals surface area contributed by atoms with Crippen LogP contribution in [0.1, 0.15) is 50.4 Å². The maximum atomic E-state index is 12.4. The van der Waals surface area contributed by atoms with E-state index in [0.29, 0.717) is 44.1 Å². The van der Waals surface area contributed by atoms with E-state index in [1.54, 1.807) is 0 Å². The predicted molar refractivity (Wildman–Crippen MR) is 90.5 cm³/mol. The molecule has 0 saturated carbocycles. The zero-order valence-corrected chi connectivity index (χ0v) is 14.8. The maximum absolute atomic E-state index is 12.4. The molecule has 0 spiro atoms. The predicted octanol–water partition coefficient (Wildman–Crippen LogP) is 1.94. The number of terminal acetylenes is 1. The lowest BCUT2D eigenvalue weighted by Gasteiger charge is -2.37. The monoisotopic (exact) mass is 344 g/mol. The van der Waals surface area contributed by atoms with Gasteiger partial charge in [0.05, 0.1) is 6.04 Å². The first-order valence-electron chi connectivity index (χ1n) is 8.72. The zero-order valence-electron chi connectivity index (χ0n) is 14.8. The van der Waals surface area contributed by atoms with Crippen molar-refractivity contribution in [3.05, 3.63) is 11.7 Å². The summed E-state index contributed by atoms with van der Waals surface area (Å²) in [5.41, 5.74) is -0.381. The van der Waals surface area contributed by atoms with Crippen LogP contribution >= 0.6 is 0 Å². The molecule has 2 aliphatic heterocycles. The van der Waals surface area contributed by atoms with Gasteiger partial charge in [-0.05, 0) is 13.8 Å². The van der Waals surface area contributed by atoms with Crippen molar-refractivity contribution in [2.45, 2.75) is 51.2 Å². The minimum atomic E-state index is -0.381. The van der Waals surface area contributed by atoms with E-state index in [1.165, 1.54) is 0 Å². The zero-order chi connectivity index (χ0) is 17.9. The van der Waals surface area contributed by atoms with Gasteiger partial charge in [-0.2, -0.15) is 15.2 Å². The molecule has 0 radical (unpaired) electrons. The Morgan fingerprint density at radius 2 is 2.04 bits per heavy atom. The Hall–Kier alpha value is -2.27. The highest BCUT2D eigenvalue weighted by molar-refractivity contribution is 5.76. The van der Waals surface area contributed by atoms with Crippen LogP contribution in [0.2, 0.25) is 0 Å². The van der Waals surface area contributed by atoms with Crippen LogP contribution in [0.15, 0.2) is 14.8 Å². The fourth-order valence-corrected chi connectivity index (χ4v) is 3.13. The first-order valence-corrected chi connectivity index (χ1v) is 8.72. The minimum Gasteiger partial charge on any atom is -0.340 e. The Balaban J connectivity index is 1.43. The molecule has 1 unspecified atom stereocenters. The Kier molecular flexibility index (Phi) is 5.13. The van der Waals surface area contributed by atoms with E-state index in [-0.39, 0.29) is 17.6 Å². The first-order chi connectivity index (χ1) is 12.0. The summed E-state index contributed by atoms with van der Waals surface area (Å²) in [6.45, 7) is 6.88. The van der Waals surface area contributed by atoms with Crippen molar-refractivity contribution >= 4 is 5.91 Å². The third-order valence-corrected chi connectivity index (χ3v) is 4.91. The number of rotatable bonds is 7. The molecule has 1 aromatic heterocycles. The molecule has 25 heavy (non-hydrogen) atoms. The van der Waals surface area contributed by atoms with Gasteiger partial charge in [0.1, 0.15) is 0 Å². The molecule has 1 fully saturated rings. The van der Waals surface area contributed by atoms with Crippen molar-refractivity contribution in [3.63, 3.8) is 0 Å². The molecule has 3 heterocycles. The SMILES string of the molecule is C#CCCC1(CCC(=O)N2CCN(C(C)c3nc(C)no3)CC2)N=N1. The first kappa shape index (κ1) is 17.5. The van der Waals surface area contributed by atoms with Gasteiger partial charge >= 0.3 is 0 Å². The van der Waals surface area contributed by atoms with Gasteiger partial charge in [0.25, 0.3) is 0 Å². The van der Waals surface area contributed by atoms with E-state index in [2.05, 4.69) is 38.1 Å². The Morgan fingerprint density at radius 3 is 2.60 bits per heavy atom. The number of piperazine rings is 1. The molecular formula is C17H24N6O2. The molecule has 1 amide bonds. The molecule has 0 aromatic carbocycles. The van der Waals surface area contributed by atoms with E-state index in [1.807, 2.05) is 11.8 Å². The Bertz CT molecular complexity index is 678. The van der Waals surface area contributed by atoms with Crippen LogP contribution in [0.5, 0.6) is 0 Å². The molecule has 0 N–H and O–H groups in total. The molecule has 8 nitrogen and oxygen atoms in total. The summed E-state index contributed by atoms with van der Waals surface area (Å²) in [5.74, 6) is 4.05. The number of carbonyl (C=O) groups is 1. The average molecular weight is 344 g/mol. The van der Waals surface area contributed by atoms with Gasteiger partial charge in [0.15, 0.2) is 11.5 Å². The lowest BCUT2D eigenvalue weighted by molar-refractivity contribution is -0.133. The van der Waals surface area contributed by atoms with Crippen LogP contribution in [0.4, 0.5) is 0 Å². The van der Waals surface area contributed by atoms with Gasteiger partial charge in [0, 0.05) is 51.9 Å². The van der Waals surface area contributed by atoms with Crippen LogP contribution in [0, 0.1) is 19.3 Å². The molecule has 1 atom stereocenters. The van der Waals surface area contributed by atoms with E-state index >= 15 is 0 Å². The van der Waals surface area contributed by atoms with Crippen LogP contribution < -0.4 is 0 Å². The number of nitrogens with zero attached hydrogens (tertiary/aromatic N) is 6. The lowest BCUT2D eigenvalue weighted by Crippen LogP contribution is -2.49. The molecule has 3 rings (SSSR count). The highest BCUT2D eigenvalue weighted by Gasteiger charge is 2.39. The summed E-state index contributed by atoms with van der Waals surface area (Å²) in [6.07, 6.45) is 7.80. The lowest BCUT2D eigenvalue weighted by atomic mass is 10.0. The second-order valence-corrected chi connectivity index (χ2v) is 6.66. The summed E-state index contributed by atoms with van der Waals surface area (Å²) in [4.78, 5) is 20.9. The fraction of sp³-hybridized carbons (Fsp3) is 0.706. The number of carbonyl (C=O) groups excluding carboxylic acids is 1. The quantitative estimate of drug-likeness (QED) is 0.706. The maximum Gasteiger partial charge on any atom is 0.243 e. The molecule has 134 valence electrons. The van der Waals surface area contributed by atoms with Crippen molar-refractivity contribution in [2.75, 3.05) is 26.2 Å².